The van der Waals surface area contributed by atoms with Crippen molar-refractivity contribution in [1.29, 1.82) is 0 Å². The zero-order chi connectivity index (χ0) is 27.8. The number of carbonyl (C=O) groups excluding carboxylic acids is 1. The van der Waals surface area contributed by atoms with Crippen LogP contribution in [0.15, 0.2) is 76.0 Å². The van der Waals surface area contributed by atoms with Gasteiger partial charge in [0.2, 0.25) is 0 Å². The van der Waals surface area contributed by atoms with Gasteiger partial charge in [0, 0.05) is 11.3 Å². The molecule has 1 amide bonds. The number of alkyl halides is 3. The van der Waals surface area contributed by atoms with Gasteiger partial charge in [-0.2, -0.15) is 41.9 Å². The highest BCUT2D eigenvalue weighted by molar-refractivity contribution is 7.93. The molecule has 198 valence electrons. The van der Waals surface area contributed by atoms with Gasteiger partial charge in [-0.1, -0.05) is 30.3 Å². The van der Waals surface area contributed by atoms with Crippen LogP contribution >= 0.6 is 0 Å². The number of nitrogens with zero attached hydrogens (tertiary/aromatic N) is 4. The molecular weight excluding hydrogens is 530 g/mol. The SMILES string of the molecule is CC1=NN(c2ccc(C)c(F)c2)C(=O)C1N=Nc1cccc(-c2cccc(NS(=O)(=O)C(F)(F)F)c2)c1O. The summed E-state index contributed by atoms with van der Waals surface area (Å²) in [5.41, 5.74) is -4.75. The number of aromatic hydroxyl groups is 1. The summed E-state index contributed by atoms with van der Waals surface area (Å²) in [6.07, 6.45) is 0. The number of phenols is 1. The van der Waals surface area contributed by atoms with Gasteiger partial charge in [-0.15, -0.1) is 0 Å². The third kappa shape index (κ3) is 5.20. The lowest BCUT2D eigenvalue weighted by Crippen LogP contribution is -2.29. The number of para-hydroxylation sites is 1. The predicted octanol–water partition coefficient (Wildman–Crippen LogP) is 5.64. The number of hydrogen-bond acceptors (Lipinski definition) is 7. The third-order valence-corrected chi connectivity index (χ3v) is 6.64. The molecule has 0 saturated carbocycles. The smallest absolute Gasteiger partial charge is 0.505 e. The molecule has 3 aromatic rings. The summed E-state index contributed by atoms with van der Waals surface area (Å²) in [5, 5.41) is 23.8. The molecule has 1 heterocycles. The van der Waals surface area contributed by atoms with Gasteiger partial charge in [-0.05, 0) is 55.3 Å². The number of nitrogens with one attached hydrogen (secondary N) is 1. The van der Waals surface area contributed by atoms with Crippen LogP contribution in [-0.2, 0) is 14.8 Å². The maximum atomic E-state index is 14.0. The first kappa shape index (κ1) is 26.7. The number of aryl methyl sites for hydroxylation is 1. The molecule has 0 fully saturated rings. The minimum Gasteiger partial charge on any atom is -0.505 e. The second kappa shape index (κ2) is 9.85. The van der Waals surface area contributed by atoms with E-state index >= 15 is 0 Å². The van der Waals surface area contributed by atoms with E-state index in [9.17, 15) is 35.9 Å². The highest BCUT2D eigenvalue weighted by Crippen LogP contribution is 2.39. The average Bonchev–Trinajstić information content (AvgIpc) is 3.12. The van der Waals surface area contributed by atoms with E-state index in [4.69, 9.17) is 0 Å². The van der Waals surface area contributed by atoms with E-state index in [1.807, 2.05) is 0 Å². The van der Waals surface area contributed by atoms with E-state index < -0.39 is 39.0 Å². The van der Waals surface area contributed by atoms with Gasteiger partial charge < -0.3 is 5.11 Å². The van der Waals surface area contributed by atoms with Crippen LogP contribution in [0.5, 0.6) is 5.75 Å². The number of sulfonamides is 1. The maximum Gasteiger partial charge on any atom is 0.516 e. The lowest BCUT2D eigenvalue weighted by molar-refractivity contribution is -0.117. The van der Waals surface area contributed by atoms with E-state index in [0.29, 0.717) is 5.56 Å². The Labute approximate surface area is 214 Å². The number of amides is 1. The monoisotopic (exact) mass is 549 g/mol. The van der Waals surface area contributed by atoms with Gasteiger partial charge in [-0.3, -0.25) is 9.52 Å². The molecule has 0 saturated heterocycles. The maximum absolute atomic E-state index is 14.0. The zero-order valence-corrected chi connectivity index (χ0v) is 20.5. The first-order chi connectivity index (χ1) is 17.8. The van der Waals surface area contributed by atoms with E-state index in [0.717, 1.165) is 17.1 Å². The first-order valence-electron chi connectivity index (χ1n) is 10.9. The largest absolute Gasteiger partial charge is 0.516 e. The van der Waals surface area contributed by atoms with Gasteiger partial charge in [0.15, 0.2) is 11.8 Å². The molecule has 1 aliphatic heterocycles. The van der Waals surface area contributed by atoms with Gasteiger partial charge in [-0.25, -0.2) is 4.39 Å². The summed E-state index contributed by atoms with van der Waals surface area (Å²) in [6.45, 7) is 3.12. The normalized spacial score (nSPS) is 16.3. The van der Waals surface area contributed by atoms with Crippen molar-refractivity contribution in [2.24, 2.45) is 15.3 Å². The molecule has 1 aliphatic rings. The van der Waals surface area contributed by atoms with Gasteiger partial charge >= 0.3 is 15.5 Å². The average molecular weight is 550 g/mol. The lowest BCUT2D eigenvalue weighted by Gasteiger charge is -2.13. The summed E-state index contributed by atoms with van der Waals surface area (Å²) in [7, 11) is -5.64. The molecule has 1 atom stereocenters. The number of azo groups is 1. The molecule has 0 spiro atoms. The number of carbonyl (C=O) groups is 1. The van der Waals surface area contributed by atoms with E-state index in [1.54, 1.807) is 6.92 Å². The molecule has 9 nitrogen and oxygen atoms in total. The van der Waals surface area contributed by atoms with Crippen LogP contribution in [0.1, 0.15) is 12.5 Å². The molecule has 1 unspecified atom stereocenters. The van der Waals surface area contributed by atoms with E-state index in [2.05, 4.69) is 15.3 Å². The number of hydrazone groups is 1. The topological polar surface area (TPSA) is 124 Å². The number of rotatable bonds is 6. The molecule has 3 aromatic carbocycles. The van der Waals surface area contributed by atoms with Gasteiger partial charge in [0.05, 0.1) is 11.4 Å². The second-order valence-electron chi connectivity index (χ2n) is 8.25. The summed E-state index contributed by atoms with van der Waals surface area (Å²) in [5.74, 6) is -1.51. The molecule has 4 rings (SSSR count). The van der Waals surface area contributed by atoms with Crippen molar-refractivity contribution in [2.45, 2.75) is 25.4 Å². The number of benzene rings is 3. The van der Waals surface area contributed by atoms with Crippen LogP contribution in [0, 0.1) is 12.7 Å². The van der Waals surface area contributed by atoms with Crippen LogP contribution in [0.4, 0.5) is 34.6 Å². The van der Waals surface area contributed by atoms with Crippen LogP contribution in [0.2, 0.25) is 0 Å². The van der Waals surface area contributed by atoms with Crippen molar-refractivity contribution in [2.75, 3.05) is 9.73 Å². The highest BCUT2D eigenvalue weighted by Gasteiger charge is 2.46. The quantitative estimate of drug-likeness (QED) is 0.305. The molecule has 0 bridgehead atoms. The Kier molecular flexibility index (Phi) is 6.93. The minimum absolute atomic E-state index is 0.0656. The summed E-state index contributed by atoms with van der Waals surface area (Å²) in [6, 6.07) is 12.3. The Morgan fingerprint density at radius 1 is 1.05 bits per heavy atom. The zero-order valence-electron chi connectivity index (χ0n) is 19.7. The first-order valence-corrected chi connectivity index (χ1v) is 12.3. The van der Waals surface area contributed by atoms with Crippen molar-refractivity contribution in [1.82, 2.24) is 0 Å². The van der Waals surface area contributed by atoms with Crippen LogP contribution < -0.4 is 9.73 Å². The standard InChI is InChI=1S/C24H19F4N5O4S/c1-13-9-10-17(12-19(13)25)33-23(35)21(14(2)31-33)30-29-20-8-4-7-18(22(20)34)15-5-3-6-16(11-15)32-38(36,37)24(26,27)28/h3-12,21,32,34H,1-2H3. The summed E-state index contributed by atoms with van der Waals surface area (Å²) < 4.78 is 76.4. The Morgan fingerprint density at radius 2 is 1.76 bits per heavy atom. The third-order valence-electron chi connectivity index (χ3n) is 5.52. The fourth-order valence-electron chi connectivity index (χ4n) is 3.52. The fourth-order valence-corrected chi connectivity index (χ4v) is 4.07. The Hall–Kier alpha value is -4.33. The molecule has 38 heavy (non-hydrogen) atoms. The van der Waals surface area contributed by atoms with Crippen LogP contribution in [-0.4, -0.2) is 36.7 Å². The number of phenolic OH excluding ortho intramolecular Hbond substituents is 1. The predicted molar refractivity (Wildman–Crippen MR) is 132 cm³/mol. The molecule has 0 aromatic heterocycles. The fraction of sp³-hybridized carbons (Fsp3) is 0.167. The Morgan fingerprint density at radius 3 is 2.45 bits per heavy atom. The second-order valence-corrected chi connectivity index (χ2v) is 9.92. The Balaban J connectivity index is 1.59. The molecule has 14 heteroatoms. The molecular formula is C24H19F4N5O4S. The number of anilines is 2. The number of halogens is 4. The molecule has 0 radical (unpaired) electrons. The van der Waals surface area contributed by atoms with Crippen LogP contribution in [0.25, 0.3) is 11.1 Å². The van der Waals surface area contributed by atoms with Crippen molar-refractivity contribution in [3.05, 3.63) is 72.0 Å². The van der Waals surface area contributed by atoms with Crippen molar-refractivity contribution in [3.63, 3.8) is 0 Å². The van der Waals surface area contributed by atoms with Gasteiger partial charge in [0.25, 0.3) is 5.91 Å². The van der Waals surface area contributed by atoms with Crippen molar-refractivity contribution >= 4 is 38.7 Å². The van der Waals surface area contributed by atoms with Gasteiger partial charge in [0.1, 0.15) is 11.5 Å². The van der Waals surface area contributed by atoms with E-state index in [1.165, 1.54) is 60.2 Å². The minimum atomic E-state index is -5.64. The summed E-state index contributed by atoms with van der Waals surface area (Å²) in [4.78, 5) is 12.9. The highest BCUT2D eigenvalue weighted by atomic mass is 32.2. The molecule has 2 N–H and O–H groups in total. The number of hydrogen-bond donors (Lipinski definition) is 2. The van der Waals surface area contributed by atoms with Crippen molar-refractivity contribution < 1.29 is 35.9 Å². The van der Waals surface area contributed by atoms with Crippen molar-refractivity contribution in [3.8, 4) is 16.9 Å². The van der Waals surface area contributed by atoms with Crippen LogP contribution in [0.3, 0.4) is 0 Å². The summed E-state index contributed by atoms with van der Waals surface area (Å²) >= 11 is 0. The Bertz CT molecular complexity index is 1590. The molecule has 0 aliphatic carbocycles. The van der Waals surface area contributed by atoms with E-state index in [-0.39, 0.29) is 33.9 Å². The lowest BCUT2D eigenvalue weighted by atomic mass is 10.0.